The molecule has 2 nitrogen and oxygen atoms in total. The monoisotopic (exact) mass is 233 g/mol. The maximum Gasteiger partial charge on any atom is 0.0538 e. The quantitative estimate of drug-likeness (QED) is 0.862. The normalized spacial score (nSPS) is 24.2. The fourth-order valence-corrected chi connectivity index (χ4v) is 2.87. The van der Waals surface area contributed by atoms with Crippen molar-refractivity contribution >= 4 is 0 Å². The van der Waals surface area contributed by atoms with Crippen molar-refractivity contribution in [1.82, 2.24) is 5.32 Å². The highest BCUT2D eigenvalue weighted by Gasteiger charge is 2.35. The number of hydrogen-bond acceptors (Lipinski definition) is 2. The van der Waals surface area contributed by atoms with Crippen molar-refractivity contribution in [3.63, 3.8) is 0 Å². The Morgan fingerprint density at radius 1 is 1.29 bits per heavy atom. The molecule has 1 aromatic carbocycles. The largest absolute Gasteiger partial charge is 0.381 e. The Kier molecular flexibility index (Phi) is 3.85. The zero-order valence-electron chi connectivity index (χ0n) is 11.2. The summed E-state index contributed by atoms with van der Waals surface area (Å²) in [6, 6.07) is 6.57. The Labute approximate surface area is 104 Å². The average molecular weight is 233 g/mol. The molecule has 1 saturated heterocycles. The van der Waals surface area contributed by atoms with Crippen LogP contribution in [0.5, 0.6) is 0 Å². The second-order valence-corrected chi connectivity index (χ2v) is 5.38. The molecule has 1 aliphatic rings. The van der Waals surface area contributed by atoms with Crippen LogP contribution in [-0.4, -0.2) is 26.8 Å². The molecule has 94 valence electrons. The maximum absolute atomic E-state index is 5.62. The van der Waals surface area contributed by atoms with Gasteiger partial charge in [0, 0.05) is 18.6 Å². The van der Waals surface area contributed by atoms with Gasteiger partial charge < -0.3 is 10.1 Å². The summed E-state index contributed by atoms with van der Waals surface area (Å²) in [5, 5.41) is 3.33. The molecule has 1 N–H and O–H groups in total. The summed E-state index contributed by atoms with van der Waals surface area (Å²) in [6.45, 7) is 7.27. The first-order valence-corrected chi connectivity index (χ1v) is 6.44. The van der Waals surface area contributed by atoms with Crippen molar-refractivity contribution in [1.29, 1.82) is 0 Å². The Hall–Kier alpha value is -0.860. The van der Waals surface area contributed by atoms with Crippen LogP contribution in [0.3, 0.4) is 0 Å². The molecule has 17 heavy (non-hydrogen) atoms. The zero-order chi connectivity index (χ0) is 12.3. The fourth-order valence-electron chi connectivity index (χ4n) is 2.87. The van der Waals surface area contributed by atoms with Gasteiger partial charge in [-0.1, -0.05) is 18.2 Å². The lowest BCUT2D eigenvalue weighted by molar-refractivity contribution is 0.150. The van der Waals surface area contributed by atoms with Crippen LogP contribution >= 0.6 is 0 Å². The molecule has 2 rings (SSSR count). The van der Waals surface area contributed by atoms with E-state index in [0.717, 1.165) is 26.2 Å². The SMILES string of the molecule is CNCC1(Cc2c(C)cccc2C)CCOC1. The van der Waals surface area contributed by atoms with Crippen molar-refractivity contribution in [2.24, 2.45) is 5.41 Å². The summed E-state index contributed by atoms with van der Waals surface area (Å²) >= 11 is 0. The highest BCUT2D eigenvalue weighted by atomic mass is 16.5. The third-order valence-corrected chi connectivity index (χ3v) is 3.93. The van der Waals surface area contributed by atoms with Gasteiger partial charge >= 0.3 is 0 Å². The van der Waals surface area contributed by atoms with Crippen LogP contribution in [0.25, 0.3) is 0 Å². The van der Waals surface area contributed by atoms with Crippen LogP contribution in [0, 0.1) is 19.3 Å². The third-order valence-electron chi connectivity index (χ3n) is 3.93. The third kappa shape index (κ3) is 2.70. The summed E-state index contributed by atoms with van der Waals surface area (Å²) in [7, 11) is 2.03. The smallest absolute Gasteiger partial charge is 0.0538 e. The molecule has 0 aromatic heterocycles. The number of rotatable bonds is 4. The first-order chi connectivity index (χ1) is 8.17. The van der Waals surface area contributed by atoms with Crippen LogP contribution in [0.15, 0.2) is 18.2 Å². The van der Waals surface area contributed by atoms with E-state index < -0.39 is 0 Å². The van der Waals surface area contributed by atoms with Gasteiger partial charge in [-0.25, -0.2) is 0 Å². The minimum Gasteiger partial charge on any atom is -0.381 e. The average Bonchev–Trinajstić information content (AvgIpc) is 2.73. The molecule has 1 fully saturated rings. The number of ether oxygens (including phenoxy) is 1. The molecule has 0 aliphatic carbocycles. The summed E-state index contributed by atoms with van der Waals surface area (Å²) in [4.78, 5) is 0. The highest BCUT2D eigenvalue weighted by Crippen LogP contribution is 2.33. The van der Waals surface area contributed by atoms with E-state index in [4.69, 9.17) is 4.74 Å². The second-order valence-electron chi connectivity index (χ2n) is 5.38. The molecule has 1 unspecified atom stereocenters. The van der Waals surface area contributed by atoms with Crippen molar-refractivity contribution in [3.8, 4) is 0 Å². The van der Waals surface area contributed by atoms with Gasteiger partial charge in [0.1, 0.15) is 0 Å². The number of hydrogen-bond donors (Lipinski definition) is 1. The van der Waals surface area contributed by atoms with Gasteiger partial charge in [0.05, 0.1) is 6.61 Å². The van der Waals surface area contributed by atoms with Gasteiger partial charge in [-0.05, 0) is 50.4 Å². The van der Waals surface area contributed by atoms with Crippen LogP contribution in [-0.2, 0) is 11.2 Å². The van der Waals surface area contributed by atoms with E-state index in [0.29, 0.717) is 5.41 Å². The van der Waals surface area contributed by atoms with E-state index in [-0.39, 0.29) is 0 Å². The van der Waals surface area contributed by atoms with Gasteiger partial charge in [-0.3, -0.25) is 0 Å². The molecule has 1 atom stereocenters. The molecule has 1 aliphatic heterocycles. The molecular formula is C15H23NO. The topological polar surface area (TPSA) is 21.3 Å². The molecule has 0 bridgehead atoms. The maximum atomic E-state index is 5.62. The fraction of sp³-hybridized carbons (Fsp3) is 0.600. The van der Waals surface area contributed by atoms with Crippen molar-refractivity contribution < 1.29 is 4.74 Å². The Morgan fingerprint density at radius 3 is 2.53 bits per heavy atom. The standard InChI is InChI=1S/C15H23NO/c1-12-5-4-6-13(2)14(12)9-15(10-16-3)7-8-17-11-15/h4-6,16H,7-11H2,1-3H3. The molecule has 0 amide bonds. The van der Waals surface area contributed by atoms with Gasteiger partial charge in [-0.15, -0.1) is 0 Å². The molecule has 1 heterocycles. The Morgan fingerprint density at radius 2 is 2.00 bits per heavy atom. The van der Waals surface area contributed by atoms with Gasteiger partial charge in [0.15, 0.2) is 0 Å². The zero-order valence-corrected chi connectivity index (χ0v) is 11.2. The minimum atomic E-state index is 0.297. The van der Waals surface area contributed by atoms with E-state index in [2.05, 4.69) is 37.4 Å². The Balaban J connectivity index is 2.23. The van der Waals surface area contributed by atoms with Gasteiger partial charge in [-0.2, -0.15) is 0 Å². The molecular weight excluding hydrogens is 210 g/mol. The number of aryl methyl sites for hydroxylation is 2. The first-order valence-electron chi connectivity index (χ1n) is 6.44. The summed E-state index contributed by atoms with van der Waals surface area (Å²) in [6.07, 6.45) is 2.30. The van der Waals surface area contributed by atoms with E-state index in [1.807, 2.05) is 7.05 Å². The van der Waals surface area contributed by atoms with E-state index >= 15 is 0 Å². The first kappa shape index (κ1) is 12.6. The lowest BCUT2D eigenvalue weighted by atomic mass is 9.78. The Bertz CT molecular complexity index is 360. The molecule has 0 saturated carbocycles. The van der Waals surface area contributed by atoms with Crippen LogP contribution in [0.4, 0.5) is 0 Å². The van der Waals surface area contributed by atoms with Crippen LogP contribution in [0.1, 0.15) is 23.1 Å². The molecule has 1 aromatic rings. The summed E-state index contributed by atoms with van der Waals surface area (Å²) in [5.74, 6) is 0. The van der Waals surface area contributed by atoms with Gasteiger partial charge in [0.25, 0.3) is 0 Å². The predicted octanol–water partition coefficient (Wildman–Crippen LogP) is 2.47. The molecule has 0 spiro atoms. The van der Waals surface area contributed by atoms with E-state index in [1.165, 1.54) is 23.1 Å². The summed E-state index contributed by atoms with van der Waals surface area (Å²) in [5.41, 5.74) is 4.62. The lowest BCUT2D eigenvalue weighted by Crippen LogP contribution is -2.35. The number of nitrogens with one attached hydrogen (secondary N) is 1. The molecule has 2 heteroatoms. The van der Waals surface area contributed by atoms with Gasteiger partial charge in [0.2, 0.25) is 0 Å². The summed E-state index contributed by atoms with van der Waals surface area (Å²) < 4.78 is 5.62. The van der Waals surface area contributed by atoms with E-state index in [1.54, 1.807) is 0 Å². The minimum absolute atomic E-state index is 0.297. The van der Waals surface area contributed by atoms with Crippen molar-refractivity contribution in [3.05, 3.63) is 34.9 Å². The van der Waals surface area contributed by atoms with Crippen molar-refractivity contribution in [2.75, 3.05) is 26.8 Å². The van der Waals surface area contributed by atoms with Crippen LogP contribution < -0.4 is 5.32 Å². The second kappa shape index (κ2) is 5.19. The highest BCUT2D eigenvalue weighted by molar-refractivity contribution is 5.34. The molecule has 0 radical (unpaired) electrons. The number of benzene rings is 1. The van der Waals surface area contributed by atoms with Crippen molar-refractivity contribution in [2.45, 2.75) is 26.7 Å². The predicted molar refractivity (Wildman–Crippen MR) is 71.4 cm³/mol. The van der Waals surface area contributed by atoms with E-state index in [9.17, 15) is 0 Å². The van der Waals surface area contributed by atoms with Crippen LogP contribution in [0.2, 0.25) is 0 Å². The lowest BCUT2D eigenvalue weighted by Gasteiger charge is -2.28.